The maximum Gasteiger partial charge on any atom is 0.341 e. The molecule has 0 aliphatic carbocycles. The topological polar surface area (TPSA) is 89.6 Å². The average Bonchev–Trinajstić information content (AvgIpc) is 2.92. The van der Waals surface area contributed by atoms with Crippen molar-refractivity contribution in [2.24, 2.45) is 0 Å². The third-order valence-corrected chi connectivity index (χ3v) is 3.08. The van der Waals surface area contributed by atoms with Crippen LogP contribution >= 0.6 is 0 Å². The minimum atomic E-state index is -1.06. The lowest BCUT2D eigenvalue weighted by atomic mass is 10.2. The zero-order valence-corrected chi connectivity index (χ0v) is 11.4. The Hall–Kier alpha value is -2.96. The Morgan fingerprint density at radius 2 is 2.10 bits per heavy atom. The lowest BCUT2D eigenvalue weighted by molar-refractivity contribution is 0.0699. The van der Waals surface area contributed by atoms with E-state index in [0.29, 0.717) is 22.9 Å². The van der Waals surface area contributed by atoms with E-state index >= 15 is 0 Å². The highest BCUT2D eigenvalue weighted by atomic mass is 16.5. The van der Waals surface area contributed by atoms with Crippen LogP contribution in [0.4, 0.5) is 0 Å². The van der Waals surface area contributed by atoms with Gasteiger partial charge in [0.1, 0.15) is 5.56 Å². The molecule has 0 aliphatic rings. The summed E-state index contributed by atoms with van der Waals surface area (Å²) in [5, 5.41) is 13.2. The van der Waals surface area contributed by atoms with Crippen molar-refractivity contribution >= 4 is 11.6 Å². The highest BCUT2D eigenvalue weighted by molar-refractivity contribution is 5.94. The van der Waals surface area contributed by atoms with Crippen LogP contribution in [0.5, 0.6) is 5.88 Å². The van der Waals surface area contributed by atoms with Gasteiger partial charge in [0.05, 0.1) is 24.7 Å². The number of aryl methyl sites for hydroxylation is 1. The highest BCUT2D eigenvalue weighted by Crippen LogP contribution is 2.21. The van der Waals surface area contributed by atoms with Crippen molar-refractivity contribution in [1.82, 2.24) is 19.6 Å². The Morgan fingerprint density at radius 1 is 1.29 bits per heavy atom. The summed E-state index contributed by atoms with van der Waals surface area (Å²) in [6.45, 7) is 1.83. The SMILES string of the molecule is COc1cccc(-c2cc(C)n3ncc(C(=O)O)c3n2)n1. The van der Waals surface area contributed by atoms with Crippen molar-refractivity contribution in [2.45, 2.75) is 6.92 Å². The minimum Gasteiger partial charge on any atom is -0.481 e. The molecular formula is C14H12N4O3. The molecule has 0 spiro atoms. The normalized spacial score (nSPS) is 10.8. The van der Waals surface area contributed by atoms with Gasteiger partial charge < -0.3 is 9.84 Å². The van der Waals surface area contributed by atoms with Crippen LogP contribution in [-0.4, -0.2) is 37.8 Å². The van der Waals surface area contributed by atoms with Gasteiger partial charge in [-0.25, -0.2) is 19.3 Å². The van der Waals surface area contributed by atoms with Gasteiger partial charge in [0.15, 0.2) is 5.65 Å². The van der Waals surface area contributed by atoms with Crippen molar-refractivity contribution in [2.75, 3.05) is 7.11 Å². The molecule has 0 fully saturated rings. The third-order valence-electron chi connectivity index (χ3n) is 3.08. The molecular weight excluding hydrogens is 272 g/mol. The van der Waals surface area contributed by atoms with Crippen molar-refractivity contribution in [3.05, 3.63) is 41.7 Å². The highest BCUT2D eigenvalue weighted by Gasteiger charge is 2.16. The fourth-order valence-electron chi connectivity index (χ4n) is 2.07. The monoisotopic (exact) mass is 284 g/mol. The van der Waals surface area contributed by atoms with Crippen LogP contribution in [0.1, 0.15) is 16.1 Å². The molecule has 106 valence electrons. The van der Waals surface area contributed by atoms with Gasteiger partial charge >= 0.3 is 5.97 Å². The first-order chi connectivity index (χ1) is 10.1. The first-order valence-corrected chi connectivity index (χ1v) is 6.20. The lowest BCUT2D eigenvalue weighted by Crippen LogP contribution is -2.02. The summed E-state index contributed by atoms with van der Waals surface area (Å²) in [5.74, 6) is -0.591. The van der Waals surface area contributed by atoms with Gasteiger partial charge in [-0.1, -0.05) is 6.07 Å². The molecule has 0 aromatic carbocycles. The molecule has 7 heteroatoms. The number of fused-ring (bicyclic) bond motifs is 1. The van der Waals surface area contributed by atoms with E-state index < -0.39 is 5.97 Å². The molecule has 7 nitrogen and oxygen atoms in total. The number of nitrogens with zero attached hydrogens (tertiary/aromatic N) is 4. The standard InChI is InChI=1S/C14H12N4O3/c1-8-6-11(10-4-3-5-12(16-10)21-2)17-13-9(14(19)20)7-15-18(8)13/h3-7H,1-2H3,(H,19,20). The number of aromatic nitrogens is 4. The third kappa shape index (κ3) is 2.18. The molecule has 0 saturated carbocycles. The molecule has 0 unspecified atom stereocenters. The van der Waals surface area contributed by atoms with E-state index in [1.807, 2.05) is 6.92 Å². The molecule has 3 aromatic rings. The summed E-state index contributed by atoms with van der Waals surface area (Å²) in [6, 6.07) is 7.12. The smallest absolute Gasteiger partial charge is 0.341 e. The van der Waals surface area contributed by atoms with E-state index in [-0.39, 0.29) is 5.56 Å². The quantitative estimate of drug-likeness (QED) is 0.788. The molecule has 3 rings (SSSR count). The van der Waals surface area contributed by atoms with Gasteiger partial charge in [0.25, 0.3) is 0 Å². The zero-order valence-electron chi connectivity index (χ0n) is 11.4. The van der Waals surface area contributed by atoms with Gasteiger partial charge in [-0.3, -0.25) is 0 Å². The van der Waals surface area contributed by atoms with Crippen LogP contribution in [0, 0.1) is 6.92 Å². The number of carbonyl (C=O) groups is 1. The average molecular weight is 284 g/mol. The van der Waals surface area contributed by atoms with E-state index in [2.05, 4.69) is 15.1 Å². The molecule has 1 N–H and O–H groups in total. The first-order valence-electron chi connectivity index (χ1n) is 6.20. The van der Waals surface area contributed by atoms with Gasteiger partial charge in [-0.15, -0.1) is 0 Å². The fourth-order valence-corrected chi connectivity index (χ4v) is 2.07. The van der Waals surface area contributed by atoms with Crippen LogP contribution in [0.2, 0.25) is 0 Å². The van der Waals surface area contributed by atoms with E-state index in [4.69, 9.17) is 4.74 Å². The number of carboxylic acid groups (broad SMARTS) is 1. The van der Waals surface area contributed by atoms with Crippen LogP contribution in [-0.2, 0) is 0 Å². The van der Waals surface area contributed by atoms with E-state index in [9.17, 15) is 9.90 Å². The summed E-state index contributed by atoms with van der Waals surface area (Å²) in [7, 11) is 1.54. The maximum absolute atomic E-state index is 11.2. The fraction of sp³-hybridized carbons (Fsp3) is 0.143. The largest absolute Gasteiger partial charge is 0.481 e. The molecule has 0 amide bonds. The Labute approximate surface area is 119 Å². The Kier molecular flexibility index (Phi) is 3.02. The molecule has 21 heavy (non-hydrogen) atoms. The number of hydrogen-bond donors (Lipinski definition) is 1. The number of carboxylic acids is 1. The summed E-state index contributed by atoms with van der Waals surface area (Å²) < 4.78 is 6.58. The molecule has 0 aliphatic heterocycles. The Morgan fingerprint density at radius 3 is 2.81 bits per heavy atom. The Bertz CT molecular complexity index is 841. The zero-order chi connectivity index (χ0) is 15.0. The van der Waals surface area contributed by atoms with Gasteiger partial charge in [-0.05, 0) is 19.1 Å². The van der Waals surface area contributed by atoms with E-state index in [1.54, 1.807) is 24.3 Å². The first kappa shape index (κ1) is 13.0. The van der Waals surface area contributed by atoms with E-state index in [1.165, 1.54) is 17.8 Å². The number of rotatable bonds is 3. The number of methoxy groups -OCH3 is 1. The summed E-state index contributed by atoms with van der Waals surface area (Å²) in [6.07, 6.45) is 1.29. The molecule has 0 radical (unpaired) electrons. The summed E-state index contributed by atoms with van der Waals surface area (Å²) in [5.41, 5.74) is 2.30. The number of hydrogen-bond acceptors (Lipinski definition) is 5. The van der Waals surface area contributed by atoms with Gasteiger partial charge in [0, 0.05) is 11.8 Å². The van der Waals surface area contributed by atoms with Crippen LogP contribution in [0.15, 0.2) is 30.5 Å². The van der Waals surface area contributed by atoms with Crippen LogP contribution in [0.25, 0.3) is 17.0 Å². The van der Waals surface area contributed by atoms with Crippen molar-refractivity contribution in [3.63, 3.8) is 0 Å². The van der Waals surface area contributed by atoms with Crippen LogP contribution < -0.4 is 4.74 Å². The number of aromatic carboxylic acids is 1. The molecule has 0 atom stereocenters. The number of ether oxygens (including phenoxy) is 1. The predicted molar refractivity (Wildman–Crippen MR) is 74.5 cm³/mol. The lowest BCUT2D eigenvalue weighted by Gasteiger charge is -2.06. The Balaban J connectivity index is 2.23. The summed E-state index contributed by atoms with van der Waals surface area (Å²) in [4.78, 5) is 19.9. The molecule has 0 saturated heterocycles. The second-order valence-corrected chi connectivity index (χ2v) is 4.45. The molecule has 3 aromatic heterocycles. The van der Waals surface area contributed by atoms with Crippen molar-refractivity contribution < 1.29 is 14.6 Å². The second-order valence-electron chi connectivity index (χ2n) is 4.45. The predicted octanol–water partition coefficient (Wildman–Crippen LogP) is 1.81. The maximum atomic E-state index is 11.2. The minimum absolute atomic E-state index is 0.0582. The van der Waals surface area contributed by atoms with Gasteiger partial charge in [-0.2, -0.15) is 5.10 Å². The second kappa shape index (κ2) is 4.86. The summed E-state index contributed by atoms with van der Waals surface area (Å²) >= 11 is 0. The van der Waals surface area contributed by atoms with Crippen molar-refractivity contribution in [3.8, 4) is 17.3 Å². The molecule has 0 bridgehead atoms. The van der Waals surface area contributed by atoms with Crippen molar-refractivity contribution in [1.29, 1.82) is 0 Å². The number of pyridine rings is 1. The van der Waals surface area contributed by atoms with Crippen LogP contribution in [0.3, 0.4) is 0 Å². The molecule has 3 heterocycles. The van der Waals surface area contributed by atoms with E-state index in [0.717, 1.165) is 5.69 Å². The van der Waals surface area contributed by atoms with Gasteiger partial charge in [0.2, 0.25) is 5.88 Å².